The minimum atomic E-state index is -4.49. The largest absolute Gasteiger partial charge is 0.417 e. The molecule has 1 heterocycles. The number of benzene rings is 2. The maximum absolute atomic E-state index is 13.5. The first kappa shape index (κ1) is 35.4. The van der Waals surface area contributed by atoms with E-state index in [9.17, 15) is 13.2 Å². The van der Waals surface area contributed by atoms with Crippen LogP contribution in [0.15, 0.2) is 66.8 Å². The van der Waals surface area contributed by atoms with E-state index >= 15 is 0 Å². The fourth-order valence-corrected chi connectivity index (χ4v) is 4.88. The van der Waals surface area contributed by atoms with Crippen LogP contribution in [0, 0.1) is 0 Å². The van der Waals surface area contributed by atoms with Gasteiger partial charge in [-0.1, -0.05) is 99.8 Å². The number of hydrogen-bond acceptors (Lipinski definition) is 2. The maximum atomic E-state index is 13.5. The molecular weight excluding hydrogens is 555 g/mol. The molecule has 1 aromatic heterocycles. The molecule has 3 nitrogen and oxygen atoms in total. The Morgan fingerprint density at radius 1 is 0.976 bits per heavy atom. The van der Waals surface area contributed by atoms with Crippen molar-refractivity contribution >= 4 is 17.2 Å². The highest BCUT2D eigenvalue weighted by molar-refractivity contribution is 6.31. The molecule has 0 aliphatic heterocycles. The highest BCUT2D eigenvalue weighted by atomic mass is 35.5. The molecule has 0 bridgehead atoms. The average Bonchev–Trinajstić information content (AvgIpc) is 3.33. The van der Waals surface area contributed by atoms with E-state index in [2.05, 4.69) is 67.5 Å². The Balaban J connectivity index is 0.00000113. The van der Waals surface area contributed by atoms with Gasteiger partial charge in [0.15, 0.2) is 0 Å². The molecule has 0 unspecified atom stereocenters. The Bertz CT molecular complexity index is 1280. The van der Waals surface area contributed by atoms with E-state index in [-0.39, 0.29) is 5.02 Å². The van der Waals surface area contributed by atoms with Gasteiger partial charge in [0, 0.05) is 25.2 Å². The first-order valence-corrected chi connectivity index (χ1v) is 15.5. The zero-order chi connectivity index (χ0) is 31.1. The minimum Gasteiger partial charge on any atom is -0.326 e. The van der Waals surface area contributed by atoms with Gasteiger partial charge >= 0.3 is 6.18 Å². The van der Waals surface area contributed by atoms with Crippen LogP contribution in [0.1, 0.15) is 96.2 Å². The predicted octanol–water partition coefficient (Wildman–Crippen LogP) is 11.2. The molecule has 0 atom stereocenters. The fraction of sp³-hybridized carbons (Fsp3) is 0.457. The molecular formula is C35H47ClF3N3. The first-order chi connectivity index (χ1) is 20.1. The number of aromatic nitrogens is 2. The Labute approximate surface area is 256 Å². The van der Waals surface area contributed by atoms with Crippen LogP contribution < -0.4 is 0 Å². The van der Waals surface area contributed by atoms with Crippen LogP contribution in [-0.2, 0) is 25.8 Å². The summed E-state index contributed by atoms with van der Waals surface area (Å²) >= 11 is 5.88. The highest BCUT2D eigenvalue weighted by Gasteiger charge is 2.33. The number of hydrogen-bond donors (Lipinski definition) is 0. The summed E-state index contributed by atoms with van der Waals surface area (Å²) in [5.41, 5.74) is 4.01. The zero-order valence-corrected chi connectivity index (χ0v) is 26.8. The SMILES string of the molecule is C/C=C(\C)c1nc(-c2ccccc2)n(CCCC)c1CN(CCCC)Cc1ccc(Cl)c(C(F)(F)F)c1.C/C=C\CC. The Hall–Kier alpha value is -2.83. The second-order valence-electron chi connectivity index (χ2n) is 10.4. The first-order valence-electron chi connectivity index (χ1n) is 15.1. The molecule has 3 aromatic rings. The van der Waals surface area contributed by atoms with Gasteiger partial charge in [0.05, 0.1) is 22.0 Å². The van der Waals surface area contributed by atoms with Gasteiger partial charge in [0.1, 0.15) is 5.82 Å². The van der Waals surface area contributed by atoms with Crippen LogP contribution in [-0.4, -0.2) is 21.0 Å². The van der Waals surface area contributed by atoms with Gasteiger partial charge in [-0.3, -0.25) is 4.90 Å². The third-order valence-corrected chi connectivity index (χ3v) is 7.39. The van der Waals surface area contributed by atoms with Crippen molar-refractivity contribution in [2.24, 2.45) is 0 Å². The van der Waals surface area contributed by atoms with Crippen LogP contribution in [0.25, 0.3) is 17.0 Å². The zero-order valence-electron chi connectivity index (χ0n) is 26.1. The van der Waals surface area contributed by atoms with Gasteiger partial charge < -0.3 is 4.57 Å². The van der Waals surface area contributed by atoms with Crippen molar-refractivity contribution in [3.63, 3.8) is 0 Å². The summed E-state index contributed by atoms with van der Waals surface area (Å²) in [6.07, 6.45) is 6.93. The molecule has 0 amide bonds. The molecule has 0 radical (unpaired) electrons. The normalized spacial score (nSPS) is 12.2. The predicted molar refractivity (Wildman–Crippen MR) is 172 cm³/mol. The lowest BCUT2D eigenvalue weighted by Crippen LogP contribution is -2.26. The van der Waals surface area contributed by atoms with Gasteiger partial charge in [-0.15, -0.1) is 0 Å². The molecule has 7 heteroatoms. The number of halogens is 4. The summed E-state index contributed by atoms with van der Waals surface area (Å²) in [5, 5.41) is -0.271. The van der Waals surface area contributed by atoms with Crippen LogP contribution in [0.5, 0.6) is 0 Å². The van der Waals surface area contributed by atoms with E-state index < -0.39 is 11.7 Å². The number of alkyl halides is 3. The van der Waals surface area contributed by atoms with E-state index in [0.717, 1.165) is 73.5 Å². The maximum Gasteiger partial charge on any atom is 0.417 e. The summed E-state index contributed by atoms with van der Waals surface area (Å²) in [7, 11) is 0. The molecule has 0 aliphatic carbocycles. The van der Waals surface area contributed by atoms with Gasteiger partial charge in [-0.05, 0) is 69.8 Å². The summed E-state index contributed by atoms with van der Waals surface area (Å²) in [6.45, 7) is 15.1. The molecule has 0 spiro atoms. The van der Waals surface area contributed by atoms with E-state index in [1.807, 2.05) is 32.0 Å². The van der Waals surface area contributed by atoms with Crippen molar-refractivity contribution in [2.75, 3.05) is 6.54 Å². The number of nitrogens with zero attached hydrogens (tertiary/aromatic N) is 3. The van der Waals surface area contributed by atoms with Crippen LogP contribution >= 0.6 is 11.6 Å². The van der Waals surface area contributed by atoms with Gasteiger partial charge in [-0.25, -0.2) is 4.98 Å². The van der Waals surface area contributed by atoms with E-state index in [1.54, 1.807) is 6.07 Å². The lowest BCUT2D eigenvalue weighted by Gasteiger charge is -2.25. The molecule has 0 N–H and O–H groups in total. The topological polar surface area (TPSA) is 21.1 Å². The Kier molecular flexibility index (Phi) is 15.1. The lowest BCUT2D eigenvalue weighted by atomic mass is 10.1. The standard InChI is InChI=1S/C30H37ClF3N3.C5H10/c1-5-8-17-36(20-23-15-16-26(31)25(19-23)30(32,33)34)21-27-28(22(4)7-3)35-29(37(27)18-9-6-2)24-13-11-10-12-14-24;1-3-5-4-2/h7,10-16,19H,5-6,8-9,17-18,20-21H2,1-4H3;3,5H,4H2,1-2H3/b22-7+;5-3-. The molecule has 2 aromatic carbocycles. The van der Waals surface area contributed by atoms with E-state index in [4.69, 9.17) is 16.6 Å². The molecule has 0 saturated carbocycles. The Morgan fingerprint density at radius 3 is 2.21 bits per heavy atom. The van der Waals surface area contributed by atoms with Gasteiger partial charge in [0.25, 0.3) is 0 Å². The molecule has 0 fully saturated rings. The summed E-state index contributed by atoms with van der Waals surface area (Å²) in [6, 6.07) is 14.4. The van der Waals surface area contributed by atoms with Gasteiger partial charge in [0.2, 0.25) is 0 Å². The third kappa shape index (κ3) is 10.5. The fourth-order valence-electron chi connectivity index (χ4n) is 4.65. The van der Waals surface area contributed by atoms with E-state index in [1.165, 1.54) is 12.1 Å². The van der Waals surface area contributed by atoms with Crippen LogP contribution in [0.4, 0.5) is 13.2 Å². The second-order valence-corrected chi connectivity index (χ2v) is 10.8. The van der Waals surface area contributed by atoms with Crippen molar-refractivity contribution < 1.29 is 13.2 Å². The molecule has 3 rings (SSSR count). The number of rotatable bonds is 13. The van der Waals surface area contributed by atoms with Crippen molar-refractivity contribution in [1.82, 2.24) is 14.5 Å². The van der Waals surface area contributed by atoms with Crippen molar-refractivity contribution in [2.45, 2.75) is 99.5 Å². The number of imidazole rings is 1. The minimum absolute atomic E-state index is 0.271. The Morgan fingerprint density at radius 2 is 1.67 bits per heavy atom. The molecule has 0 saturated heterocycles. The lowest BCUT2D eigenvalue weighted by molar-refractivity contribution is -0.137. The summed E-state index contributed by atoms with van der Waals surface area (Å²) in [5.74, 6) is 0.932. The smallest absolute Gasteiger partial charge is 0.326 e. The van der Waals surface area contributed by atoms with E-state index in [0.29, 0.717) is 18.7 Å². The summed E-state index contributed by atoms with van der Waals surface area (Å²) in [4.78, 5) is 7.33. The second kappa shape index (κ2) is 18.0. The van der Waals surface area contributed by atoms with Gasteiger partial charge in [-0.2, -0.15) is 13.2 Å². The average molecular weight is 602 g/mol. The molecule has 230 valence electrons. The van der Waals surface area contributed by atoms with Crippen LogP contribution in [0.2, 0.25) is 5.02 Å². The highest BCUT2D eigenvalue weighted by Crippen LogP contribution is 2.36. The third-order valence-electron chi connectivity index (χ3n) is 7.06. The summed E-state index contributed by atoms with van der Waals surface area (Å²) < 4.78 is 42.9. The molecule has 0 aliphatic rings. The van der Waals surface area contributed by atoms with Crippen LogP contribution in [0.3, 0.4) is 0 Å². The van der Waals surface area contributed by atoms with Crippen molar-refractivity contribution in [3.05, 3.63) is 94.3 Å². The number of unbranched alkanes of at least 4 members (excludes halogenated alkanes) is 2. The quantitative estimate of drug-likeness (QED) is 0.182. The monoisotopic (exact) mass is 601 g/mol. The van der Waals surface area contributed by atoms with Crippen molar-refractivity contribution in [3.8, 4) is 11.4 Å². The number of allylic oxidation sites excluding steroid dienone is 4. The molecule has 42 heavy (non-hydrogen) atoms. The van der Waals surface area contributed by atoms with Crippen molar-refractivity contribution in [1.29, 1.82) is 0 Å².